The van der Waals surface area contributed by atoms with Crippen molar-refractivity contribution >= 4 is 44.2 Å². The van der Waals surface area contributed by atoms with Gasteiger partial charge in [0.2, 0.25) is 0 Å². The number of aliphatic hydroxyl groups is 1. The number of aromatic nitrogens is 2. The van der Waals surface area contributed by atoms with Gasteiger partial charge in [-0.05, 0) is 40.9 Å². The first-order chi connectivity index (χ1) is 11.5. The van der Waals surface area contributed by atoms with Gasteiger partial charge < -0.3 is 9.84 Å². The monoisotopic (exact) mass is 414 g/mol. The van der Waals surface area contributed by atoms with E-state index < -0.39 is 12.2 Å². The summed E-state index contributed by atoms with van der Waals surface area (Å²) in [6.07, 6.45) is 1.71. The normalized spacial score (nSPS) is 21.1. The average molecular weight is 416 g/mol. The molecule has 2 aromatic rings. The van der Waals surface area contributed by atoms with E-state index in [2.05, 4.69) is 20.9 Å². The zero-order chi connectivity index (χ0) is 17.3. The minimum Gasteiger partial charge on any atom is -0.390 e. The van der Waals surface area contributed by atoms with Crippen molar-refractivity contribution in [2.24, 2.45) is 0 Å². The van der Waals surface area contributed by atoms with Crippen LogP contribution in [0.25, 0.3) is 10.9 Å². The SMILES string of the molecule is O=C(C[C@@H]1OCCC[C@H]1O)Cn1cnc2cc(Br)c(Cl)cc2c1=O. The second kappa shape index (κ2) is 7.31. The molecule has 0 spiro atoms. The van der Waals surface area contributed by atoms with Crippen LogP contribution in [0.4, 0.5) is 0 Å². The van der Waals surface area contributed by atoms with Crippen molar-refractivity contribution in [1.82, 2.24) is 9.55 Å². The molecular formula is C16H16BrClN2O4. The third-order valence-corrected chi connectivity index (χ3v) is 5.24. The Balaban J connectivity index is 1.79. The van der Waals surface area contributed by atoms with Gasteiger partial charge in [0, 0.05) is 17.5 Å². The molecule has 0 aliphatic carbocycles. The highest BCUT2D eigenvalue weighted by molar-refractivity contribution is 9.10. The van der Waals surface area contributed by atoms with Crippen molar-refractivity contribution in [3.63, 3.8) is 0 Å². The summed E-state index contributed by atoms with van der Waals surface area (Å²) < 4.78 is 7.34. The Hall–Kier alpha value is -1.28. The standard InChI is InChI=1S/C16H16BrClN2O4/c17-11-6-13-10(5-12(11)18)16(23)20(8-19-13)7-9(21)4-15-14(22)2-1-3-24-15/h5-6,8,14-15,22H,1-4,7H2/t14-,15+/m1/s1. The summed E-state index contributed by atoms with van der Waals surface area (Å²) in [6, 6.07) is 3.20. The highest BCUT2D eigenvalue weighted by Crippen LogP contribution is 2.25. The maximum Gasteiger partial charge on any atom is 0.261 e. The molecule has 1 N–H and O–H groups in total. The molecule has 128 valence electrons. The van der Waals surface area contributed by atoms with Crippen molar-refractivity contribution in [3.8, 4) is 0 Å². The number of fused-ring (bicyclic) bond motifs is 1. The molecule has 3 rings (SSSR count). The average Bonchev–Trinajstić information content (AvgIpc) is 2.54. The van der Waals surface area contributed by atoms with Gasteiger partial charge in [0.05, 0.1) is 41.0 Å². The predicted molar refractivity (Wildman–Crippen MR) is 93.3 cm³/mol. The molecule has 0 bridgehead atoms. The van der Waals surface area contributed by atoms with E-state index in [0.29, 0.717) is 33.4 Å². The first kappa shape index (κ1) is 17.5. The fourth-order valence-electron chi connectivity index (χ4n) is 2.76. The van der Waals surface area contributed by atoms with Crippen LogP contribution in [-0.2, 0) is 16.1 Å². The third kappa shape index (κ3) is 3.69. The van der Waals surface area contributed by atoms with Crippen molar-refractivity contribution in [3.05, 3.63) is 38.3 Å². The van der Waals surface area contributed by atoms with Crippen LogP contribution in [0, 0.1) is 0 Å². The second-order valence-electron chi connectivity index (χ2n) is 5.82. The van der Waals surface area contributed by atoms with E-state index in [1.54, 1.807) is 6.07 Å². The number of benzene rings is 1. The molecule has 6 nitrogen and oxygen atoms in total. The lowest BCUT2D eigenvalue weighted by atomic mass is 10.0. The fraction of sp³-hybridized carbons (Fsp3) is 0.438. The van der Waals surface area contributed by atoms with Crippen LogP contribution in [0.1, 0.15) is 19.3 Å². The topological polar surface area (TPSA) is 81.4 Å². The van der Waals surface area contributed by atoms with Crippen LogP contribution >= 0.6 is 27.5 Å². The number of ketones is 1. The van der Waals surface area contributed by atoms with Gasteiger partial charge in [-0.25, -0.2) is 4.98 Å². The summed E-state index contributed by atoms with van der Waals surface area (Å²) in [7, 11) is 0. The Morgan fingerprint density at radius 1 is 1.50 bits per heavy atom. The van der Waals surface area contributed by atoms with Gasteiger partial charge in [0.15, 0.2) is 5.78 Å². The highest BCUT2D eigenvalue weighted by Gasteiger charge is 2.26. The molecule has 1 aliphatic heterocycles. The van der Waals surface area contributed by atoms with Gasteiger partial charge in [-0.3, -0.25) is 14.2 Å². The maximum atomic E-state index is 12.5. The maximum absolute atomic E-state index is 12.5. The van der Waals surface area contributed by atoms with E-state index in [-0.39, 0.29) is 24.3 Å². The van der Waals surface area contributed by atoms with E-state index in [4.69, 9.17) is 16.3 Å². The van der Waals surface area contributed by atoms with Gasteiger partial charge in [-0.1, -0.05) is 11.6 Å². The Morgan fingerprint density at radius 3 is 3.04 bits per heavy atom. The minimum absolute atomic E-state index is 0.0761. The number of hydrogen-bond acceptors (Lipinski definition) is 5. The number of rotatable bonds is 4. The van der Waals surface area contributed by atoms with E-state index in [1.807, 2.05) is 0 Å². The highest BCUT2D eigenvalue weighted by atomic mass is 79.9. The molecule has 0 saturated carbocycles. The molecule has 24 heavy (non-hydrogen) atoms. The lowest BCUT2D eigenvalue weighted by Crippen LogP contribution is -2.37. The van der Waals surface area contributed by atoms with Crippen LogP contribution in [0.2, 0.25) is 5.02 Å². The molecule has 1 aliphatic rings. The molecule has 1 aromatic heterocycles. The zero-order valence-corrected chi connectivity index (χ0v) is 15.1. The molecule has 2 heterocycles. The number of aliphatic hydroxyl groups excluding tert-OH is 1. The Kier molecular flexibility index (Phi) is 5.34. The first-order valence-electron chi connectivity index (χ1n) is 7.61. The zero-order valence-electron chi connectivity index (χ0n) is 12.7. The molecule has 2 atom stereocenters. The Labute approximate surface area is 151 Å². The minimum atomic E-state index is -0.634. The van der Waals surface area contributed by atoms with Crippen LogP contribution in [0.15, 0.2) is 27.7 Å². The summed E-state index contributed by atoms with van der Waals surface area (Å²) in [5.74, 6) is -0.188. The van der Waals surface area contributed by atoms with Gasteiger partial charge in [-0.2, -0.15) is 0 Å². The summed E-state index contributed by atoms with van der Waals surface area (Å²) in [4.78, 5) is 28.9. The third-order valence-electron chi connectivity index (χ3n) is 4.05. The smallest absolute Gasteiger partial charge is 0.261 e. The predicted octanol–water partition coefficient (Wildman–Crippen LogP) is 2.31. The van der Waals surface area contributed by atoms with Gasteiger partial charge in [-0.15, -0.1) is 0 Å². The van der Waals surface area contributed by atoms with Crippen LogP contribution in [-0.4, -0.2) is 39.3 Å². The lowest BCUT2D eigenvalue weighted by molar-refractivity contribution is -0.129. The first-order valence-corrected chi connectivity index (χ1v) is 8.78. The molecule has 1 aromatic carbocycles. The van der Waals surface area contributed by atoms with E-state index in [9.17, 15) is 14.7 Å². The molecule has 0 unspecified atom stereocenters. The van der Waals surface area contributed by atoms with Crippen molar-refractivity contribution in [2.45, 2.75) is 38.0 Å². The number of nitrogens with zero attached hydrogens (tertiary/aromatic N) is 2. The van der Waals surface area contributed by atoms with Crippen molar-refractivity contribution in [1.29, 1.82) is 0 Å². The van der Waals surface area contributed by atoms with Crippen LogP contribution < -0.4 is 5.56 Å². The fourth-order valence-corrected chi connectivity index (χ4v) is 3.26. The van der Waals surface area contributed by atoms with Gasteiger partial charge >= 0.3 is 0 Å². The number of ether oxygens (including phenoxy) is 1. The molecule has 1 saturated heterocycles. The molecule has 0 amide bonds. The van der Waals surface area contributed by atoms with Gasteiger partial charge in [0.25, 0.3) is 5.56 Å². The second-order valence-corrected chi connectivity index (χ2v) is 7.08. The number of carbonyl (C=O) groups excluding carboxylic acids is 1. The summed E-state index contributed by atoms with van der Waals surface area (Å²) >= 11 is 9.32. The Bertz CT molecular complexity index is 839. The largest absolute Gasteiger partial charge is 0.390 e. The van der Waals surface area contributed by atoms with Gasteiger partial charge in [0.1, 0.15) is 0 Å². The van der Waals surface area contributed by atoms with E-state index in [1.165, 1.54) is 17.0 Å². The summed E-state index contributed by atoms with van der Waals surface area (Å²) in [6.45, 7) is 0.432. The Morgan fingerprint density at radius 2 is 2.29 bits per heavy atom. The van der Waals surface area contributed by atoms with E-state index in [0.717, 1.165) is 6.42 Å². The number of Topliss-reactive ketones (excluding diaryl/α,β-unsaturated/α-hetero) is 1. The lowest BCUT2D eigenvalue weighted by Gasteiger charge is -2.27. The quantitative estimate of drug-likeness (QED) is 0.829. The van der Waals surface area contributed by atoms with Crippen molar-refractivity contribution < 1.29 is 14.6 Å². The van der Waals surface area contributed by atoms with Crippen molar-refractivity contribution in [2.75, 3.05) is 6.61 Å². The summed E-state index contributed by atoms with van der Waals surface area (Å²) in [5, 5.41) is 10.6. The number of hydrogen-bond donors (Lipinski definition) is 1. The molecule has 0 radical (unpaired) electrons. The van der Waals surface area contributed by atoms with Crippen LogP contribution in [0.5, 0.6) is 0 Å². The molecule has 1 fully saturated rings. The molecule has 8 heteroatoms. The van der Waals surface area contributed by atoms with E-state index >= 15 is 0 Å². The number of carbonyl (C=O) groups is 1. The number of halogens is 2. The van der Waals surface area contributed by atoms with Crippen LogP contribution in [0.3, 0.4) is 0 Å². The summed E-state index contributed by atoms with van der Waals surface area (Å²) in [5.41, 5.74) is 0.180. The molecular weight excluding hydrogens is 400 g/mol.